The zero-order valence-corrected chi connectivity index (χ0v) is 14.5. The largest absolute Gasteiger partial charge is 0.497 e. The highest BCUT2D eigenvalue weighted by molar-refractivity contribution is 5.91. The summed E-state index contributed by atoms with van der Waals surface area (Å²) < 4.78 is 44.1. The number of halogens is 3. The van der Waals surface area contributed by atoms with Gasteiger partial charge in [0.05, 0.1) is 7.11 Å². The molecule has 0 spiro atoms. The number of alkyl halides is 3. The van der Waals surface area contributed by atoms with Crippen LogP contribution in [0.5, 0.6) is 5.75 Å². The minimum absolute atomic E-state index is 0.269. The minimum Gasteiger partial charge on any atom is -0.497 e. The predicted molar refractivity (Wildman–Crippen MR) is 91.6 cm³/mol. The molecular formula is C18H20F3N3O2. The van der Waals surface area contributed by atoms with Gasteiger partial charge < -0.3 is 10.1 Å². The molecule has 26 heavy (non-hydrogen) atoms. The normalized spacial score (nSPS) is 11.7. The zero-order valence-electron chi connectivity index (χ0n) is 14.5. The number of nitrogens with one attached hydrogen (secondary N) is 1. The number of carbonyl (C=O) groups is 1. The van der Waals surface area contributed by atoms with Gasteiger partial charge in [0.15, 0.2) is 5.69 Å². The van der Waals surface area contributed by atoms with Gasteiger partial charge in [-0.05, 0) is 43.2 Å². The SMILES string of the molecule is COc1ccc(/C=C/C(=O)NCCCn2nc(C(F)(F)F)cc2C)cc1. The molecule has 5 nitrogen and oxygen atoms in total. The zero-order chi connectivity index (χ0) is 19.2. The molecular weight excluding hydrogens is 347 g/mol. The second kappa shape index (κ2) is 8.55. The maximum atomic E-state index is 12.6. The molecule has 1 N–H and O–H groups in total. The van der Waals surface area contributed by atoms with Gasteiger partial charge >= 0.3 is 6.18 Å². The maximum Gasteiger partial charge on any atom is 0.435 e. The van der Waals surface area contributed by atoms with Crippen molar-refractivity contribution in [2.45, 2.75) is 26.1 Å². The van der Waals surface area contributed by atoms with E-state index in [4.69, 9.17) is 4.74 Å². The summed E-state index contributed by atoms with van der Waals surface area (Å²) in [5.74, 6) is 0.461. The summed E-state index contributed by atoms with van der Waals surface area (Å²) in [5.41, 5.74) is 0.386. The van der Waals surface area contributed by atoms with E-state index in [-0.39, 0.29) is 5.91 Å². The second-order valence-corrected chi connectivity index (χ2v) is 5.64. The monoisotopic (exact) mass is 367 g/mol. The Kier molecular flexibility index (Phi) is 6.43. The lowest BCUT2D eigenvalue weighted by Gasteiger charge is -2.05. The van der Waals surface area contributed by atoms with E-state index in [1.54, 1.807) is 32.2 Å². The van der Waals surface area contributed by atoms with E-state index >= 15 is 0 Å². The number of benzene rings is 1. The van der Waals surface area contributed by atoms with E-state index < -0.39 is 11.9 Å². The third-order valence-corrected chi connectivity index (χ3v) is 3.66. The van der Waals surface area contributed by atoms with Crippen molar-refractivity contribution >= 4 is 12.0 Å². The van der Waals surface area contributed by atoms with Gasteiger partial charge in [-0.25, -0.2) is 0 Å². The molecule has 0 saturated carbocycles. The summed E-state index contributed by atoms with van der Waals surface area (Å²) >= 11 is 0. The van der Waals surface area contributed by atoms with Crippen LogP contribution in [-0.4, -0.2) is 29.3 Å². The average Bonchev–Trinajstić information content (AvgIpc) is 2.98. The van der Waals surface area contributed by atoms with E-state index in [9.17, 15) is 18.0 Å². The Morgan fingerprint density at radius 2 is 2.00 bits per heavy atom. The molecule has 1 aromatic heterocycles. The van der Waals surface area contributed by atoms with Gasteiger partial charge in [-0.1, -0.05) is 12.1 Å². The van der Waals surface area contributed by atoms with E-state index in [1.165, 1.54) is 10.8 Å². The summed E-state index contributed by atoms with van der Waals surface area (Å²) in [5, 5.41) is 6.23. The lowest BCUT2D eigenvalue weighted by Crippen LogP contribution is -2.23. The van der Waals surface area contributed by atoms with E-state index in [0.717, 1.165) is 17.4 Å². The van der Waals surface area contributed by atoms with Crippen LogP contribution in [0.1, 0.15) is 23.4 Å². The van der Waals surface area contributed by atoms with Crippen molar-refractivity contribution in [3.8, 4) is 5.75 Å². The maximum absolute atomic E-state index is 12.6. The number of hydrogen-bond acceptors (Lipinski definition) is 3. The number of aromatic nitrogens is 2. The van der Waals surface area contributed by atoms with Gasteiger partial charge in [-0.3, -0.25) is 9.48 Å². The number of methoxy groups -OCH3 is 1. The molecule has 0 saturated heterocycles. The van der Waals surface area contributed by atoms with Crippen molar-refractivity contribution in [1.82, 2.24) is 15.1 Å². The van der Waals surface area contributed by atoms with Gasteiger partial charge in [-0.2, -0.15) is 18.3 Å². The van der Waals surface area contributed by atoms with Crippen LogP contribution >= 0.6 is 0 Å². The molecule has 0 aliphatic rings. The number of carbonyl (C=O) groups excluding carboxylic acids is 1. The van der Waals surface area contributed by atoms with Gasteiger partial charge in [0.1, 0.15) is 5.75 Å². The Morgan fingerprint density at radius 3 is 2.58 bits per heavy atom. The number of aryl methyl sites for hydroxylation is 2. The highest BCUT2D eigenvalue weighted by Gasteiger charge is 2.34. The van der Waals surface area contributed by atoms with Crippen molar-refractivity contribution in [1.29, 1.82) is 0 Å². The fraction of sp³-hybridized carbons (Fsp3) is 0.333. The Morgan fingerprint density at radius 1 is 1.31 bits per heavy atom. The smallest absolute Gasteiger partial charge is 0.435 e. The fourth-order valence-corrected chi connectivity index (χ4v) is 2.26. The molecule has 1 amide bonds. The van der Waals surface area contributed by atoms with Gasteiger partial charge in [0, 0.05) is 24.9 Å². The Labute approximate surface area is 149 Å². The van der Waals surface area contributed by atoms with Crippen molar-refractivity contribution in [3.05, 3.63) is 53.4 Å². The van der Waals surface area contributed by atoms with Crippen molar-refractivity contribution in [3.63, 3.8) is 0 Å². The van der Waals surface area contributed by atoms with Crippen LogP contribution in [0.25, 0.3) is 6.08 Å². The average molecular weight is 367 g/mol. The van der Waals surface area contributed by atoms with Crippen LogP contribution in [0.4, 0.5) is 13.2 Å². The number of nitrogens with zero attached hydrogens (tertiary/aromatic N) is 2. The molecule has 0 aliphatic carbocycles. The second-order valence-electron chi connectivity index (χ2n) is 5.64. The third-order valence-electron chi connectivity index (χ3n) is 3.66. The molecule has 0 aliphatic heterocycles. The Hall–Kier alpha value is -2.77. The topological polar surface area (TPSA) is 56.1 Å². The summed E-state index contributed by atoms with van der Waals surface area (Å²) in [6, 6.07) is 8.23. The molecule has 0 fully saturated rings. The van der Waals surface area contributed by atoms with Crippen molar-refractivity contribution in [2.75, 3.05) is 13.7 Å². The summed E-state index contributed by atoms with van der Waals surface area (Å²) in [6.45, 7) is 2.20. The van der Waals surface area contributed by atoms with Gasteiger partial charge in [-0.15, -0.1) is 0 Å². The van der Waals surface area contributed by atoms with Crippen LogP contribution < -0.4 is 10.1 Å². The van der Waals surface area contributed by atoms with E-state index in [0.29, 0.717) is 25.2 Å². The minimum atomic E-state index is -4.45. The molecule has 0 radical (unpaired) electrons. The van der Waals surface area contributed by atoms with Gasteiger partial charge in [0.25, 0.3) is 0 Å². The number of ether oxygens (including phenoxy) is 1. The number of hydrogen-bond donors (Lipinski definition) is 1. The summed E-state index contributed by atoms with van der Waals surface area (Å²) in [4.78, 5) is 11.8. The summed E-state index contributed by atoms with van der Waals surface area (Å²) in [7, 11) is 1.58. The molecule has 140 valence electrons. The predicted octanol–water partition coefficient (Wildman–Crippen LogP) is 3.44. The third kappa shape index (κ3) is 5.65. The quantitative estimate of drug-likeness (QED) is 0.603. The highest BCUT2D eigenvalue weighted by Crippen LogP contribution is 2.28. The first-order valence-electron chi connectivity index (χ1n) is 8.01. The lowest BCUT2D eigenvalue weighted by atomic mass is 10.2. The first kappa shape index (κ1) is 19.6. The first-order valence-corrected chi connectivity index (χ1v) is 8.01. The molecule has 0 bridgehead atoms. The summed E-state index contributed by atoms with van der Waals surface area (Å²) in [6.07, 6.45) is -0.900. The fourth-order valence-electron chi connectivity index (χ4n) is 2.26. The van der Waals surface area contributed by atoms with E-state index in [1.807, 2.05) is 12.1 Å². The van der Waals surface area contributed by atoms with Crippen LogP contribution in [-0.2, 0) is 17.5 Å². The van der Waals surface area contributed by atoms with Crippen molar-refractivity contribution in [2.24, 2.45) is 0 Å². The molecule has 2 rings (SSSR count). The van der Waals surface area contributed by atoms with Crippen LogP contribution in [0.15, 0.2) is 36.4 Å². The molecule has 8 heteroatoms. The molecule has 1 aromatic carbocycles. The Balaban J connectivity index is 1.76. The first-order chi connectivity index (χ1) is 12.3. The molecule has 2 aromatic rings. The number of amides is 1. The lowest BCUT2D eigenvalue weighted by molar-refractivity contribution is -0.141. The molecule has 0 atom stereocenters. The van der Waals surface area contributed by atoms with Gasteiger partial charge in [0.2, 0.25) is 5.91 Å². The van der Waals surface area contributed by atoms with Crippen LogP contribution in [0, 0.1) is 6.92 Å². The van der Waals surface area contributed by atoms with E-state index in [2.05, 4.69) is 10.4 Å². The van der Waals surface area contributed by atoms with Crippen molar-refractivity contribution < 1.29 is 22.7 Å². The Bertz CT molecular complexity index is 765. The van der Waals surface area contributed by atoms with Crippen LogP contribution in [0.2, 0.25) is 0 Å². The molecule has 1 heterocycles. The van der Waals surface area contributed by atoms with Crippen LogP contribution in [0.3, 0.4) is 0 Å². The number of rotatable bonds is 7. The molecule has 0 unspecified atom stereocenters. The standard InChI is InChI=1S/C18H20F3N3O2/c1-13-12-16(18(19,20)21)23-24(13)11-3-10-22-17(25)9-6-14-4-7-15(26-2)8-5-14/h4-9,12H,3,10-11H2,1-2H3,(H,22,25)/b9-6+. The highest BCUT2D eigenvalue weighted by atomic mass is 19.4.